The van der Waals surface area contributed by atoms with E-state index in [0.29, 0.717) is 6.04 Å². The zero-order valence-electron chi connectivity index (χ0n) is 13.2. The van der Waals surface area contributed by atoms with E-state index in [1.54, 1.807) is 0 Å². The molecule has 0 aromatic carbocycles. The first-order valence-corrected chi connectivity index (χ1v) is 9.82. The fourth-order valence-electron chi connectivity index (χ4n) is 2.30. The summed E-state index contributed by atoms with van der Waals surface area (Å²) in [6.07, 6.45) is 6.20. The highest BCUT2D eigenvalue weighted by Crippen LogP contribution is 2.25. The molecule has 0 amide bonds. The third kappa shape index (κ3) is 5.06. The molecular formula is C16H28N2S2. The van der Waals surface area contributed by atoms with Gasteiger partial charge in [-0.25, -0.2) is 0 Å². The first-order valence-electron chi connectivity index (χ1n) is 7.61. The molecule has 1 saturated carbocycles. The van der Waals surface area contributed by atoms with Crippen LogP contribution in [0, 0.1) is 6.92 Å². The number of rotatable bonds is 9. The highest BCUT2D eigenvalue weighted by Gasteiger charge is 2.20. The number of nitrogens with zero attached hydrogens (tertiary/aromatic N) is 1. The monoisotopic (exact) mass is 312 g/mol. The van der Waals surface area contributed by atoms with Gasteiger partial charge in [-0.1, -0.05) is 0 Å². The van der Waals surface area contributed by atoms with E-state index in [1.165, 1.54) is 40.3 Å². The number of aryl methyl sites for hydroxylation is 1. The highest BCUT2D eigenvalue weighted by atomic mass is 32.2. The molecule has 2 rings (SSSR count). The normalized spacial score (nSPS) is 16.9. The molecule has 1 aromatic heterocycles. The summed E-state index contributed by atoms with van der Waals surface area (Å²) in [4.78, 5) is 5.47. The Morgan fingerprint density at radius 3 is 2.90 bits per heavy atom. The van der Waals surface area contributed by atoms with Crippen LogP contribution in [-0.2, 0) is 13.1 Å². The molecule has 1 fully saturated rings. The van der Waals surface area contributed by atoms with Crippen molar-refractivity contribution in [1.29, 1.82) is 0 Å². The van der Waals surface area contributed by atoms with E-state index in [-0.39, 0.29) is 0 Å². The third-order valence-electron chi connectivity index (χ3n) is 4.13. The van der Waals surface area contributed by atoms with Gasteiger partial charge in [0, 0.05) is 34.9 Å². The van der Waals surface area contributed by atoms with Gasteiger partial charge in [-0.2, -0.15) is 11.8 Å². The van der Waals surface area contributed by atoms with Gasteiger partial charge in [0.05, 0.1) is 0 Å². The first-order chi connectivity index (χ1) is 9.60. The molecule has 2 nitrogen and oxygen atoms in total. The Balaban J connectivity index is 1.84. The summed E-state index contributed by atoms with van der Waals surface area (Å²) in [5.41, 5.74) is 1.51. The molecule has 0 aliphatic heterocycles. The van der Waals surface area contributed by atoms with Crippen LogP contribution in [0.2, 0.25) is 0 Å². The van der Waals surface area contributed by atoms with E-state index in [1.807, 2.05) is 23.1 Å². The van der Waals surface area contributed by atoms with Crippen molar-refractivity contribution in [2.45, 2.75) is 58.3 Å². The van der Waals surface area contributed by atoms with Crippen LogP contribution in [0.5, 0.6) is 0 Å². The van der Waals surface area contributed by atoms with Gasteiger partial charge < -0.3 is 5.32 Å². The summed E-state index contributed by atoms with van der Waals surface area (Å²) in [6, 6.07) is 3.87. The van der Waals surface area contributed by atoms with Crippen LogP contribution in [0.3, 0.4) is 0 Å². The molecule has 1 atom stereocenters. The Hall–Kier alpha value is -0.0300. The Morgan fingerprint density at radius 2 is 2.25 bits per heavy atom. The Morgan fingerprint density at radius 1 is 1.50 bits per heavy atom. The Bertz CT molecular complexity index is 413. The van der Waals surface area contributed by atoms with E-state index < -0.39 is 0 Å². The lowest BCUT2D eigenvalue weighted by atomic mass is 10.2. The maximum absolute atomic E-state index is 3.61. The van der Waals surface area contributed by atoms with Crippen LogP contribution < -0.4 is 5.32 Å². The molecule has 1 aromatic rings. The molecule has 1 heterocycles. The van der Waals surface area contributed by atoms with Crippen molar-refractivity contribution < 1.29 is 0 Å². The standard InChI is InChI=1S/C16H28N2S2/c1-12(7-8-19-4)18(3)11-14-9-16(20-13(14)2)10-17-15-5-6-15/h9,12,15,17H,5-8,10-11H2,1-4H3. The minimum absolute atomic E-state index is 0.662. The van der Waals surface area contributed by atoms with Crippen molar-refractivity contribution in [1.82, 2.24) is 10.2 Å². The highest BCUT2D eigenvalue weighted by molar-refractivity contribution is 7.98. The van der Waals surface area contributed by atoms with Crippen molar-refractivity contribution in [3.8, 4) is 0 Å². The topological polar surface area (TPSA) is 15.3 Å². The van der Waals surface area contributed by atoms with Crippen molar-refractivity contribution in [2.75, 3.05) is 19.1 Å². The molecule has 1 unspecified atom stereocenters. The van der Waals surface area contributed by atoms with Crippen LogP contribution in [0.1, 0.15) is 41.5 Å². The number of hydrogen-bond acceptors (Lipinski definition) is 4. The quantitative estimate of drug-likeness (QED) is 0.745. The second-order valence-electron chi connectivity index (χ2n) is 5.99. The summed E-state index contributed by atoms with van der Waals surface area (Å²) >= 11 is 3.91. The third-order valence-corrected chi connectivity index (χ3v) is 5.86. The van der Waals surface area contributed by atoms with Crippen LogP contribution in [0.4, 0.5) is 0 Å². The van der Waals surface area contributed by atoms with Gasteiger partial charge in [0.2, 0.25) is 0 Å². The summed E-state index contributed by atoms with van der Waals surface area (Å²) < 4.78 is 0. The van der Waals surface area contributed by atoms with Crippen molar-refractivity contribution >= 4 is 23.1 Å². The lowest BCUT2D eigenvalue weighted by Gasteiger charge is -2.24. The van der Waals surface area contributed by atoms with Crippen molar-refractivity contribution in [2.24, 2.45) is 0 Å². The summed E-state index contributed by atoms with van der Waals surface area (Å²) in [6.45, 7) is 6.75. The molecule has 1 aliphatic rings. The zero-order valence-corrected chi connectivity index (χ0v) is 14.9. The fraction of sp³-hybridized carbons (Fsp3) is 0.750. The number of hydrogen-bond donors (Lipinski definition) is 1. The molecule has 4 heteroatoms. The Kier molecular flexibility index (Phi) is 6.40. The fourth-order valence-corrected chi connectivity index (χ4v) is 3.88. The predicted octanol–water partition coefficient (Wildman–Crippen LogP) is 3.88. The van der Waals surface area contributed by atoms with Crippen molar-refractivity contribution in [3.63, 3.8) is 0 Å². The molecule has 1 N–H and O–H groups in total. The molecule has 0 spiro atoms. The second kappa shape index (κ2) is 7.83. The molecule has 114 valence electrons. The maximum atomic E-state index is 3.61. The maximum Gasteiger partial charge on any atom is 0.0302 e. The van der Waals surface area contributed by atoms with Gasteiger partial charge in [-0.15, -0.1) is 11.3 Å². The Labute approximate surface area is 132 Å². The van der Waals surface area contributed by atoms with E-state index >= 15 is 0 Å². The minimum Gasteiger partial charge on any atom is -0.309 e. The van der Waals surface area contributed by atoms with Crippen LogP contribution in [0.25, 0.3) is 0 Å². The van der Waals surface area contributed by atoms with Gasteiger partial charge in [-0.3, -0.25) is 4.90 Å². The molecule has 0 bridgehead atoms. The molecule has 0 radical (unpaired) electrons. The average molecular weight is 313 g/mol. The molecule has 20 heavy (non-hydrogen) atoms. The van der Waals surface area contributed by atoms with Crippen molar-refractivity contribution in [3.05, 3.63) is 21.4 Å². The largest absolute Gasteiger partial charge is 0.309 e. The van der Waals surface area contributed by atoms with E-state index in [4.69, 9.17) is 0 Å². The van der Waals surface area contributed by atoms with Crippen LogP contribution in [-0.4, -0.2) is 36.0 Å². The van der Waals surface area contributed by atoms with Gasteiger partial charge in [-0.05, 0) is 63.8 Å². The minimum atomic E-state index is 0.662. The number of thiophene rings is 1. The lowest BCUT2D eigenvalue weighted by molar-refractivity contribution is 0.245. The number of thioether (sulfide) groups is 1. The molecular weight excluding hydrogens is 284 g/mol. The predicted molar refractivity (Wildman–Crippen MR) is 92.8 cm³/mol. The van der Waals surface area contributed by atoms with Gasteiger partial charge in [0.1, 0.15) is 0 Å². The van der Waals surface area contributed by atoms with E-state index in [9.17, 15) is 0 Å². The van der Waals surface area contributed by atoms with Gasteiger partial charge >= 0.3 is 0 Å². The smallest absolute Gasteiger partial charge is 0.0302 e. The molecule has 1 aliphatic carbocycles. The summed E-state index contributed by atoms with van der Waals surface area (Å²) in [7, 11) is 2.25. The SMILES string of the molecule is CSCCC(C)N(C)Cc1cc(CNC2CC2)sc1C. The molecule has 0 saturated heterocycles. The van der Waals surface area contributed by atoms with E-state index in [0.717, 1.165) is 19.1 Å². The first kappa shape index (κ1) is 16.3. The van der Waals surface area contributed by atoms with Crippen LogP contribution in [0.15, 0.2) is 6.07 Å². The summed E-state index contributed by atoms with van der Waals surface area (Å²) in [5.74, 6) is 1.25. The lowest BCUT2D eigenvalue weighted by Crippen LogP contribution is -2.29. The van der Waals surface area contributed by atoms with Gasteiger partial charge in [0.15, 0.2) is 0 Å². The van der Waals surface area contributed by atoms with E-state index in [2.05, 4.69) is 43.4 Å². The van der Waals surface area contributed by atoms with Crippen LogP contribution >= 0.6 is 23.1 Å². The average Bonchev–Trinajstić information content (AvgIpc) is 3.19. The second-order valence-corrected chi connectivity index (χ2v) is 8.32. The number of nitrogens with one attached hydrogen (secondary N) is 1. The summed E-state index contributed by atoms with van der Waals surface area (Å²) in [5, 5.41) is 3.61. The van der Waals surface area contributed by atoms with Gasteiger partial charge in [0.25, 0.3) is 0 Å². The zero-order chi connectivity index (χ0) is 14.5.